The summed E-state index contributed by atoms with van der Waals surface area (Å²) in [5.74, 6) is 0.450. The number of methoxy groups -OCH3 is 1. The molecule has 0 amide bonds. The molecule has 6 heteroatoms. The number of imidazole rings is 1. The number of aromatic nitrogens is 4. The minimum absolute atomic E-state index is 0.224. The molecule has 2 heterocycles. The van der Waals surface area contributed by atoms with E-state index in [0.29, 0.717) is 11.4 Å². The van der Waals surface area contributed by atoms with Gasteiger partial charge in [0, 0.05) is 12.1 Å². The number of hydrogen-bond donors (Lipinski definition) is 1. The number of rotatable bonds is 4. The average molecular weight is 274 g/mol. The molecule has 1 N–H and O–H groups in total. The number of aryl methyl sites for hydroxylation is 1. The fraction of sp³-hybridized carbons (Fsp3) is 0.286. The smallest absolute Gasteiger partial charge is 0.176 e. The topological polar surface area (TPSA) is 55.7 Å². The van der Waals surface area contributed by atoms with Gasteiger partial charge in [-0.15, -0.1) is 0 Å². The van der Waals surface area contributed by atoms with Crippen molar-refractivity contribution >= 4 is 11.2 Å². The van der Waals surface area contributed by atoms with E-state index in [9.17, 15) is 4.39 Å². The van der Waals surface area contributed by atoms with Gasteiger partial charge in [-0.25, -0.2) is 14.1 Å². The zero-order chi connectivity index (χ0) is 14.1. The maximum absolute atomic E-state index is 13.7. The Morgan fingerprint density at radius 3 is 2.95 bits per heavy atom. The zero-order valence-corrected chi connectivity index (χ0v) is 11.4. The highest BCUT2D eigenvalue weighted by molar-refractivity contribution is 5.76. The Morgan fingerprint density at radius 1 is 1.40 bits per heavy atom. The van der Waals surface area contributed by atoms with Crippen LogP contribution < -0.4 is 4.74 Å². The van der Waals surface area contributed by atoms with E-state index in [2.05, 4.69) is 22.0 Å². The van der Waals surface area contributed by atoms with E-state index < -0.39 is 5.82 Å². The van der Waals surface area contributed by atoms with Crippen LogP contribution in [0.25, 0.3) is 22.6 Å². The highest BCUT2D eigenvalue weighted by Gasteiger charge is 2.12. The van der Waals surface area contributed by atoms with Crippen molar-refractivity contribution in [1.29, 1.82) is 0 Å². The molecule has 0 bridgehead atoms. The standard InChI is InChI=1S/C14H15FN4O/c1-3-6-19-14-11(8-16-19)17-13(18-14)9-4-5-12(20-2)10(15)7-9/h4-5,7-8H,3,6H2,1-2H3,(H,17,18). The molecule has 3 rings (SSSR count). The molecule has 0 aliphatic heterocycles. The second-order valence-corrected chi connectivity index (χ2v) is 4.54. The van der Waals surface area contributed by atoms with Gasteiger partial charge >= 0.3 is 0 Å². The number of benzene rings is 1. The quantitative estimate of drug-likeness (QED) is 0.795. The van der Waals surface area contributed by atoms with Crippen LogP contribution in [0.4, 0.5) is 4.39 Å². The molecule has 0 spiro atoms. The number of nitrogens with zero attached hydrogens (tertiary/aromatic N) is 3. The Hall–Kier alpha value is -2.37. The molecule has 0 fully saturated rings. The Labute approximate surface area is 115 Å². The van der Waals surface area contributed by atoms with Gasteiger partial charge in [0.25, 0.3) is 0 Å². The summed E-state index contributed by atoms with van der Waals surface area (Å²) in [6.07, 6.45) is 2.72. The summed E-state index contributed by atoms with van der Waals surface area (Å²) in [6.45, 7) is 2.89. The molecule has 0 aliphatic carbocycles. The highest BCUT2D eigenvalue weighted by Crippen LogP contribution is 2.25. The van der Waals surface area contributed by atoms with Crippen molar-refractivity contribution in [3.8, 4) is 17.1 Å². The van der Waals surface area contributed by atoms with E-state index in [-0.39, 0.29) is 5.75 Å². The van der Waals surface area contributed by atoms with Gasteiger partial charge in [0.2, 0.25) is 0 Å². The van der Waals surface area contributed by atoms with E-state index in [1.165, 1.54) is 13.2 Å². The largest absolute Gasteiger partial charge is 0.494 e. The first-order chi connectivity index (χ1) is 9.72. The van der Waals surface area contributed by atoms with Crippen molar-refractivity contribution in [2.24, 2.45) is 0 Å². The van der Waals surface area contributed by atoms with Crippen molar-refractivity contribution in [2.75, 3.05) is 7.11 Å². The molecule has 20 heavy (non-hydrogen) atoms. The Balaban J connectivity index is 2.03. The molecule has 0 aliphatic rings. The lowest BCUT2D eigenvalue weighted by molar-refractivity contribution is 0.386. The summed E-state index contributed by atoms with van der Waals surface area (Å²) < 4.78 is 20.5. The molecule has 104 valence electrons. The van der Waals surface area contributed by atoms with Crippen LogP contribution in [0.15, 0.2) is 24.4 Å². The van der Waals surface area contributed by atoms with Crippen molar-refractivity contribution in [3.05, 3.63) is 30.2 Å². The van der Waals surface area contributed by atoms with Gasteiger partial charge in [-0.2, -0.15) is 5.10 Å². The normalized spacial score (nSPS) is 11.2. The number of hydrogen-bond acceptors (Lipinski definition) is 3. The van der Waals surface area contributed by atoms with Crippen LogP contribution in [0.3, 0.4) is 0 Å². The average Bonchev–Trinajstić information content (AvgIpc) is 3.01. The third-order valence-corrected chi connectivity index (χ3v) is 3.14. The zero-order valence-electron chi connectivity index (χ0n) is 11.4. The van der Waals surface area contributed by atoms with Gasteiger partial charge in [-0.3, -0.25) is 0 Å². The predicted octanol–water partition coefficient (Wildman–Crippen LogP) is 2.98. The monoisotopic (exact) mass is 274 g/mol. The fourth-order valence-corrected chi connectivity index (χ4v) is 2.17. The SMILES string of the molecule is CCCn1ncc2[nH]c(-c3ccc(OC)c(F)c3)nc21. The van der Waals surface area contributed by atoms with Gasteiger partial charge in [-0.1, -0.05) is 6.92 Å². The molecular formula is C14H15FN4O. The van der Waals surface area contributed by atoms with Crippen LogP contribution in [0, 0.1) is 5.82 Å². The van der Waals surface area contributed by atoms with Crippen LogP contribution in [0.2, 0.25) is 0 Å². The maximum Gasteiger partial charge on any atom is 0.176 e. The van der Waals surface area contributed by atoms with Crippen LogP contribution in [0.1, 0.15) is 13.3 Å². The number of aromatic amines is 1. The van der Waals surface area contributed by atoms with Crippen molar-refractivity contribution in [2.45, 2.75) is 19.9 Å². The van der Waals surface area contributed by atoms with Crippen molar-refractivity contribution in [1.82, 2.24) is 19.7 Å². The summed E-state index contributed by atoms with van der Waals surface area (Å²) >= 11 is 0. The summed E-state index contributed by atoms with van der Waals surface area (Å²) in [6, 6.07) is 4.78. The van der Waals surface area contributed by atoms with Gasteiger partial charge in [0.1, 0.15) is 11.3 Å². The summed E-state index contributed by atoms with van der Waals surface area (Å²) in [5.41, 5.74) is 2.32. The molecule has 0 saturated carbocycles. The van der Waals surface area contributed by atoms with E-state index in [4.69, 9.17) is 4.74 Å². The minimum atomic E-state index is -0.402. The van der Waals surface area contributed by atoms with E-state index in [0.717, 1.165) is 24.1 Å². The lowest BCUT2D eigenvalue weighted by Gasteiger charge is -2.03. The third-order valence-electron chi connectivity index (χ3n) is 3.14. The van der Waals surface area contributed by atoms with Gasteiger partial charge in [-0.05, 0) is 24.6 Å². The minimum Gasteiger partial charge on any atom is -0.494 e. The lowest BCUT2D eigenvalue weighted by Crippen LogP contribution is -1.98. The first-order valence-corrected chi connectivity index (χ1v) is 6.48. The molecule has 0 unspecified atom stereocenters. The highest BCUT2D eigenvalue weighted by atomic mass is 19.1. The van der Waals surface area contributed by atoms with Gasteiger partial charge in [0.15, 0.2) is 17.2 Å². The summed E-state index contributed by atoms with van der Waals surface area (Å²) in [5, 5.41) is 4.25. The maximum atomic E-state index is 13.7. The number of halogens is 1. The van der Waals surface area contributed by atoms with Gasteiger partial charge < -0.3 is 9.72 Å². The Morgan fingerprint density at radius 2 is 2.25 bits per heavy atom. The number of H-pyrrole nitrogens is 1. The second-order valence-electron chi connectivity index (χ2n) is 4.54. The van der Waals surface area contributed by atoms with E-state index in [1.54, 1.807) is 18.3 Å². The molecule has 0 radical (unpaired) electrons. The first kappa shape index (κ1) is 12.7. The molecule has 3 aromatic rings. The second kappa shape index (κ2) is 4.96. The molecular weight excluding hydrogens is 259 g/mol. The van der Waals surface area contributed by atoms with Crippen LogP contribution >= 0.6 is 0 Å². The molecule has 5 nitrogen and oxygen atoms in total. The number of ether oxygens (including phenoxy) is 1. The summed E-state index contributed by atoms with van der Waals surface area (Å²) in [7, 11) is 1.44. The van der Waals surface area contributed by atoms with E-state index >= 15 is 0 Å². The molecule has 0 saturated heterocycles. The van der Waals surface area contributed by atoms with Crippen molar-refractivity contribution in [3.63, 3.8) is 0 Å². The van der Waals surface area contributed by atoms with Crippen LogP contribution in [-0.4, -0.2) is 26.9 Å². The van der Waals surface area contributed by atoms with Crippen LogP contribution in [0.5, 0.6) is 5.75 Å². The fourth-order valence-electron chi connectivity index (χ4n) is 2.17. The summed E-state index contributed by atoms with van der Waals surface area (Å²) in [4.78, 5) is 7.65. The molecule has 2 aromatic heterocycles. The van der Waals surface area contributed by atoms with Crippen LogP contribution in [-0.2, 0) is 6.54 Å². The molecule has 1 aromatic carbocycles. The van der Waals surface area contributed by atoms with Gasteiger partial charge in [0.05, 0.1) is 13.3 Å². The number of nitrogens with one attached hydrogen (secondary N) is 1. The molecule has 0 atom stereocenters. The Kier molecular flexibility index (Phi) is 3.14. The first-order valence-electron chi connectivity index (χ1n) is 6.48. The van der Waals surface area contributed by atoms with Crippen molar-refractivity contribution < 1.29 is 9.13 Å². The predicted molar refractivity (Wildman–Crippen MR) is 74.1 cm³/mol. The third kappa shape index (κ3) is 2.03. The van der Waals surface area contributed by atoms with E-state index in [1.807, 2.05) is 4.68 Å². The Bertz CT molecular complexity index is 747. The number of fused-ring (bicyclic) bond motifs is 1. The lowest BCUT2D eigenvalue weighted by atomic mass is 10.2.